The number of H-pyrrole nitrogens is 1. The van der Waals surface area contributed by atoms with Crippen LogP contribution in [0.2, 0.25) is 0 Å². The lowest BCUT2D eigenvalue weighted by Gasteiger charge is -2.39. The molecule has 1 aliphatic carbocycles. The molecule has 0 saturated carbocycles. The molecule has 3 aromatic rings. The van der Waals surface area contributed by atoms with Crippen molar-refractivity contribution in [2.75, 3.05) is 13.6 Å². The van der Waals surface area contributed by atoms with Crippen molar-refractivity contribution in [3.63, 3.8) is 0 Å². The highest BCUT2D eigenvalue weighted by molar-refractivity contribution is 5.98. The summed E-state index contributed by atoms with van der Waals surface area (Å²) in [5, 5.41) is 1.38. The van der Waals surface area contributed by atoms with Gasteiger partial charge in [0.25, 0.3) is 0 Å². The molecule has 128 valence electrons. The quantitative estimate of drug-likeness (QED) is 0.760. The number of nitrogens with zero attached hydrogens (tertiary/aromatic N) is 2. The molecule has 2 unspecified atom stereocenters. The van der Waals surface area contributed by atoms with E-state index in [1.165, 1.54) is 27.6 Å². The highest BCUT2D eigenvalue weighted by atomic mass is 16.3. The maximum atomic E-state index is 5.83. The summed E-state index contributed by atoms with van der Waals surface area (Å²) >= 11 is 0. The number of aromatic amines is 1. The summed E-state index contributed by atoms with van der Waals surface area (Å²) in [6, 6.07) is 7.00. The van der Waals surface area contributed by atoms with E-state index in [1.54, 1.807) is 0 Å². The zero-order chi connectivity index (χ0) is 17.1. The molecular formula is C21H23N3O. The zero-order valence-corrected chi connectivity index (χ0v) is 14.9. The van der Waals surface area contributed by atoms with Crippen molar-refractivity contribution < 1.29 is 4.42 Å². The number of fused-ring (bicyclic) bond motifs is 2. The fourth-order valence-electron chi connectivity index (χ4n) is 4.34. The summed E-state index contributed by atoms with van der Waals surface area (Å²) in [4.78, 5) is 10.6. The lowest BCUT2D eigenvalue weighted by molar-refractivity contribution is 0.255. The van der Waals surface area contributed by atoms with Crippen molar-refractivity contribution in [3.8, 4) is 0 Å². The summed E-state index contributed by atoms with van der Waals surface area (Å²) in [7, 11) is 2.22. The van der Waals surface area contributed by atoms with Gasteiger partial charge in [0, 0.05) is 29.7 Å². The van der Waals surface area contributed by atoms with Crippen LogP contribution in [0.1, 0.15) is 48.4 Å². The van der Waals surface area contributed by atoms with E-state index < -0.39 is 0 Å². The molecule has 2 aromatic heterocycles. The number of hydrogen-bond acceptors (Lipinski definition) is 3. The highest BCUT2D eigenvalue weighted by Crippen LogP contribution is 2.42. The van der Waals surface area contributed by atoms with Crippen LogP contribution in [0.5, 0.6) is 0 Å². The first kappa shape index (κ1) is 15.0. The molecule has 0 spiro atoms. The predicted molar refractivity (Wildman–Crippen MR) is 99.7 cm³/mol. The summed E-state index contributed by atoms with van der Waals surface area (Å²) in [6.45, 7) is 5.25. The van der Waals surface area contributed by atoms with Gasteiger partial charge in [-0.25, -0.2) is 4.98 Å². The highest BCUT2D eigenvalue weighted by Gasteiger charge is 2.35. The Morgan fingerprint density at radius 3 is 3.00 bits per heavy atom. The number of rotatable bonds is 2. The molecule has 2 aliphatic rings. The van der Waals surface area contributed by atoms with Crippen molar-refractivity contribution in [2.24, 2.45) is 0 Å². The van der Waals surface area contributed by atoms with E-state index in [0.29, 0.717) is 12.0 Å². The van der Waals surface area contributed by atoms with Crippen molar-refractivity contribution in [2.45, 2.75) is 38.1 Å². The number of aromatic nitrogens is 2. The van der Waals surface area contributed by atoms with E-state index in [4.69, 9.17) is 9.40 Å². The Labute approximate surface area is 147 Å². The Bertz CT molecular complexity index is 978. The maximum Gasteiger partial charge on any atom is 0.202 e. The van der Waals surface area contributed by atoms with Gasteiger partial charge < -0.3 is 9.40 Å². The molecule has 2 atom stereocenters. The van der Waals surface area contributed by atoms with Crippen LogP contribution in [0.3, 0.4) is 0 Å². The van der Waals surface area contributed by atoms with E-state index in [9.17, 15) is 0 Å². The van der Waals surface area contributed by atoms with Gasteiger partial charge in [-0.15, -0.1) is 0 Å². The molecular weight excluding hydrogens is 310 g/mol. The first-order valence-electron chi connectivity index (χ1n) is 9.08. The standard InChI is InChI=1S/C21H23N3O/c1-12(2)18-11-25-21(23-18)14-7-16-15-5-4-6-17-20(15)13(9-22-17)8-19(16)24(3)10-14/h4-7,9,11-12,14,19,22H,8,10H2,1-3H3. The van der Waals surface area contributed by atoms with E-state index in [-0.39, 0.29) is 5.92 Å². The minimum Gasteiger partial charge on any atom is -0.448 e. The number of hydrogen-bond donors (Lipinski definition) is 1. The maximum absolute atomic E-state index is 5.83. The first-order chi connectivity index (χ1) is 12.1. The van der Waals surface area contributed by atoms with Gasteiger partial charge >= 0.3 is 0 Å². The molecule has 4 nitrogen and oxygen atoms in total. The van der Waals surface area contributed by atoms with Gasteiger partial charge in [0.05, 0.1) is 11.6 Å². The Morgan fingerprint density at radius 1 is 1.32 bits per heavy atom. The second-order valence-electron chi connectivity index (χ2n) is 7.70. The first-order valence-corrected chi connectivity index (χ1v) is 9.08. The third-order valence-corrected chi connectivity index (χ3v) is 5.72. The van der Waals surface area contributed by atoms with Gasteiger partial charge in [0.15, 0.2) is 0 Å². The van der Waals surface area contributed by atoms with Gasteiger partial charge in [-0.05, 0) is 42.2 Å². The van der Waals surface area contributed by atoms with Gasteiger partial charge in [0.2, 0.25) is 5.89 Å². The normalized spacial score (nSPS) is 23.1. The number of nitrogens with one attached hydrogen (secondary N) is 1. The molecule has 0 bridgehead atoms. The van der Waals surface area contributed by atoms with E-state index >= 15 is 0 Å². The number of oxazole rings is 1. The molecule has 0 amide bonds. The molecule has 0 radical (unpaired) electrons. The largest absolute Gasteiger partial charge is 0.448 e. The van der Waals surface area contributed by atoms with Crippen molar-refractivity contribution in [3.05, 3.63) is 59.4 Å². The Balaban J connectivity index is 1.63. The third kappa shape index (κ3) is 2.20. The predicted octanol–water partition coefficient (Wildman–Crippen LogP) is 4.32. The summed E-state index contributed by atoms with van der Waals surface area (Å²) in [5.41, 5.74) is 6.47. The molecule has 3 heterocycles. The van der Waals surface area contributed by atoms with E-state index in [0.717, 1.165) is 24.6 Å². The molecule has 25 heavy (non-hydrogen) atoms. The SMILES string of the molecule is CC(C)c1coc(C2C=C3c4cccc5[nH]cc(c45)CC3N(C)C2)n1. The van der Waals surface area contributed by atoms with Crippen LogP contribution in [-0.4, -0.2) is 34.5 Å². The van der Waals surface area contributed by atoms with Gasteiger partial charge in [-0.3, -0.25) is 4.90 Å². The van der Waals surface area contributed by atoms with E-state index in [2.05, 4.69) is 61.3 Å². The Morgan fingerprint density at radius 2 is 2.20 bits per heavy atom. The average Bonchev–Trinajstić information content (AvgIpc) is 3.24. The Kier molecular flexibility index (Phi) is 3.19. The van der Waals surface area contributed by atoms with Crippen LogP contribution in [0.4, 0.5) is 0 Å². The third-order valence-electron chi connectivity index (χ3n) is 5.72. The number of benzene rings is 1. The summed E-state index contributed by atoms with van der Waals surface area (Å²) < 4.78 is 5.83. The molecule has 1 aliphatic heterocycles. The van der Waals surface area contributed by atoms with Crippen molar-refractivity contribution >= 4 is 16.5 Å². The van der Waals surface area contributed by atoms with Crippen molar-refractivity contribution in [1.82, 2.24) is 14.9 Å². The van der Waals surface area contributed by atoms with Crippen LogP contribution >= 0.6 is 0 Å². The molecule has 1 aromatic carbocycles. The lowest BCUT2D eigenvalue weighted by Crippen LogP contribution is -2.41. The second-order valence-corrected chi connectivity index (χ2v) is 7.70. The van der Waals surface area contributed by atoms with Gasteiger partial charge in [-0.2, -0.15) is 0 Å². The molecule has 0 fully saturated rings. The molecule has 0 saturated heterocycles. The fourth-order valence-corrected chi connectivity index (χ4v) is 4.34. The monoisotopic (exact) mass is 333 g/mol. The van der Waals surface area contributed by atoms with Crippen LogP contribution in [0.25, 0.3) is 16.5 Å². The van der Waals surface area contributed by atoms with Crippen LogP contribution in [0.15, 0.2) is 41.2 Å². The smallest absolute Gasteiger partial charge is 0.202 e. The molecule has 5 rings (SSSR count). The minimum atomic E-state index is 0.208. The minimum absolute atomic E-state index is 0.208. The lowest BCUT2D eigenvalue weighted by atomic mass is 9.80. The summed E-state index contributed by atoms with van der Waals surface area (Å²) in [6.07, 6.45) is 7.45. The van der Waals surface area contributed by atoms with Crippen LogP contribution in [-0.2, 0) is 6.42 Å². The van der Waals surface area contributed by atoms with Crippen molar-refractivity contribution in [1.29, 1.82) is 0 Å². The molecule has 4 heteroatoms. The Hall–Kier alpha value is -2.33. The second kappa shape index (κ2) is 5.33. The average molecular weight is 333 g/mol. The summed E-state index contributed by atoms with van der Waals surface area (Å²) in [5.74, 6) is 1.44. The topological polar surface area (TPSA) is 45.1 Å². The van der Waals surface area contributed by atoms with E-state index in [1.807, 2.05) is 6.26 Å². The van der Waals surface area contributed by atoms with Crippen LogP contribution in [0, 0.1) is 0 Å². The zero-order valence-electron chi connectivity index (χ0n) is 14.9. The fraction of sp³-hybridized carbons (Fsp3) is 0.381. The number of likely N-dealkylation sites (N-methyl/N-ethyl adjacent to an activating group) is 1. The van der Waals surface area contributed by atoms with Crippen LogP contribution < -0.4 is 0 Å². The molecule has 1 N–H and O–H groups in total. The van der Waals surface area contributed by atoms with Gasteiger partial charge in [-0.1, -0.05) is 32.1 Å². The van der Waals surface area contributed by atoms with Gasteiger partial charge in [0.1, 0.15) is 6.26 Å².